The second-order valence-electron chi connectivity index (χ2n) is 19.7. The number of benzene rings is 13. The minimum absolute atomic E-state index is 1.06. The van der Waals surface area contributed by atoms with E-state index in [4.69, 9.17) is 0 Å². The van der Waals surface area contributed by atoms with Crippen molar-refractivity contribution in [1.29, 1.82) is 0 Å². The first-order valence-electron chi connectivity index (χ1n) is 26.3. The zero-order valence-corrected chi connectivity index (χ0v) is 43.0. The Morgan fingerprint density at radius 3 is 1.34 bits per heavy atom. The normalized spacial score (nSPS) is 11.4. The van der Waals surface area contributed by atoms with Gasteiger partial charge in [-0.05, 0) is 144 Å². The number of hydrogen-bond acceptors (Lipinski definition) is 3. The van der Waals surface area contributed by atoms with Crippen molar-refractivity contribution < 1.29 is 0 Å². The second kappa shape index (κ2) is 19.8. The molecular weight excluding hydrogens is 949 g/mol. The van der Waals surface area contributed by atoms with Gasteiger partial charge < -0.3 is 9.80 Å². The zero-order valence-electron chi connectivity index (χ0n) is 42.2. The molecule has 2 nitrogen and oxygen atoms in total. The van der Waals surface area contributed by atoms with E-state index in [1.807, 2.05) is 11.3 Å². The molecule has 14 aromatic rings. The number of anilines is 6. The Bertz CT molecular complexity index is 4450. The third-order valence-electron chi connectivity index (χ3n) is 15.0. The summed E-state index contributed by atoms with van der Waals surface area (Å²) in [5, 5.41) is 7.57. The highest BCUT2D eigenvalue weighted by Crippen LogP contribution is 2.47. The molecule has 0 saturated heterocycles. The van der Waals surface area contributed by atoms with E-state index in [1.165, 1.54) is 75.1 Å². The first-order chi connectivity index (χ1) is 38.2. The minimum atomic E-state index is 1.06. The van der Waals surface area contributed by atoms with Crippen molar-refractivity contribution in [1.82, 2.24) is 0 Å². The number of fused-ring (bicyclic) bond motifs is 6. The Hall–Kier alpha value is -9.80. The van der Waals surface area contributed by atoms with Gasteiger partial charge in [0.05, 0.1) is 5.69 Å². The predicted molar refractivity (Wildman–Crippen MR) is 331 cm³/mol. The van der Waals surface area contributed by atoms with Gasteiger partial charge in [-0.1, -0.05) is 231 Å². The molecule has 362 valence electrons. The van der Waals surface area contributed by atoms with Crippen LogP contribution in [0, 0.1) is 0 Å². The van der Waals surface area contributed by atoms with Crippen LogP contribution in [-0.4, -0.2) is 0 Å². The second-order valence-corrected chi connectivity index (χ2v) is 20.7. The van der Waals surface area contributed by atoms with Gasteiger partial charge in [0, 0.05) is 54.2 Å². The summed E-state index contributed by atoms with van der Waals surface area (Å²) in [7, 11) is 0. The van der Waals surface area contributed by atoms with E-state index >= 15 is 0 Å². The van der Waals surface area contributed by atoms with Crippen LogP contribution in [0.1, 0.15) is 0 Å². The number of para-hydroxylation sites is 1. The van der Waals surface area contributed by atoms with Crippen LogP contribution in [0.3, 0.4) is 0 Å². The van der Waals surface area contributed by atoms with Gasteiger partial charge in [-0.25, -0.2) is 0 Å². The minimum Gasteiger partial charge on any atom is -0.310 e. The molecule has 0 fully saturated rings. The number of thiophene rings is 1. The molecule has 14 rings (SSSR count). The number of hydrogen-bond donors (Lipinski definition) is 0. The van der Waals surface area contributed by atoms with E-state index in [-0.39, 0.29) is 0 Å². The average molecular weight is 999 g/mol. The Labute approximate surface area is 453 Å². The lowest BCUT2D eigenvalue weighted by atomic mass is 9.98. The van der Waals surface area contributed by atoms with E-state index in [0.29, 0.717) is 0 Å². The topological polar surface area (TPSA) is 6.48 Å². The molecule has 0 aliphatic heterocycles. The predicted octanol–water partition coefficient (Wildman–Crippen LogP) is 21.6. The summed E-state index contributed by atoms with van der Waals surface area (Å²) in [5.74, 6) is 0. The highest BCUT2D eigenvalue weighted by molar-refractivity contribution is 7.27. The molecule has 3 heteroatoms. The fourth-order valence-electron chi connectivity index (χ4n) is 11.2. The molecular formula is C74H50N2S. The van der Waals surface area contributed by atoms with Gasteiger partial charge in [0.25, 0.3) is 0 Å². The third kappa shape index (κ3) is 8.69. The summed E-state index contributed by atoms with van der Waals surface area (Å²) in [4.78, 5) is 4.83. The van der Waals surface area contributed by atoms with Crippen molar-refractivity contribution >= 4 is 87.2 Å². The molecule has 0 saturated carbocycles. The van der Waals surface area contributed by atoms with Gasteiger partial charge in [-0.3, -0.25) is 0 Å². The Morgan fingerprint density at radius 1 is 0.208 bits per heavy atom. The maximum absolute atomic E-state index is 2.43. The first kappa shape index (κ1) is 45.8. The molecule has 0 N–H and O–H groups in total. The quantitative estimate of drug-likeness (QED) is 0.127. The number of rotatable bonds is 11. The average Bonchev–Trinajstić information content (AvgIpc) is 3.92. The van der Waals surface area contributed by atoms with Crippen molar-refractivity contribution in [2.45, 2.75) is 0 Å². The summed E-state index contributed by atoms with van der Waals surface area (Å²) in [6.07, 6.45) is 0. The molecule has 77 heavy (non-hydrogen) atoms. The van der Waals surface area contributed by atoms with Crippen molar-refractivity contribution in [3.8, 4) is 55.6 Å². The van der Waals surface area contributed by atoms with Crippen LogP contribution in [0.25, 0.3) is 97.4 Å². The Morgan fingerprint density at radius 2 is 0.649 bits per heavy atom. The molecule has 0 unspecified atom stereocenters. The van der Waals surface area contributed by atoms with Crippen LogP contribution in [0.5, 0.6) is 0 Å². The Kier molecular flexibility index (Phi) is 11.8. The molecule has 0 radical (unpaired) electrons. The molecule has 0 aliphatic rings. The smallest absolute Gasteiger partial charge is 0.0540 e. The SMILES string of the molecule is c1ccc(-c2cccc(N(c3ccc(-c4cccc5c4sc4c6ccccc6ccc54)cc3)c3cccc(-c4ccccc4N(c4cccc(-c5ccccc5)c4)c4ccc5cc(-c6ccccc6)ccc5c4)c3)c2)cc1. The van der Waals surface area contributed by atoms with Crippen LogP contribution >= 0.6 is 11.3 Å². The standard InChI is InChI=1S/C74H50N2S/c1-4-18-51(19-5-1)56-25-14-28-63(47-56)75(62-42-38-55(39-43-62)69-33-17-34-70-71-45-41-54-24-10-11-32-68(54)74(71)77-73(69)70)64-29-16-27-61(50-64)67-31-12-13-35-72(67)76(65-30-15-26-57(48-65)52-20-6-2-7-21-52)66-44-40-59-46-58(36-37-60(59)49-66)53-22-8-3-9-23-53/h1-50H. The van der Waals surface area contributed by atoms with Crippen LogP contribution in [0.4, 0.5) is 34.1 Å². The summed E-state index contributed by atoms with van der Waals surface area (Å²) in [6.45, 7) is 0. The van der Waals surface area contributed by atoms with Crippen molar-refractivity contribution in [2.24, 2.45) is 0 Å². The molecule has 0 bridgehead atoms. The van der Waals surface area contributed by atoms with Gasteiger partial charge in [-0.15, -0.1) is 11.3 Å². The lowest BCUT2D eigenvalue weighted by Gasteiger charge is -2.29. The van der Waals surface area contributed by atoms with Crippen molar-refractivity contribution in [3.05, 3.63) is 303 Å². The highest BCUT2D eigenvalue weighted by Gasteiger charge is 2.21. The van der Waals surface area contributed by atoms with Gasteiger partial charge in [0.1, 0.15) is 0 Å². The fraction of sp³-hybridized carbons (Fsp3) is 0. The third-order valence-corrected chi connectivity index (χ3v) is 16.3. The lowest BCUT2D eigenvalue weighted by Crippen LogP contribution is -2.12. The van der Waals surface area contributed by atoms with E-state index in [9.17, 15) is 0 Å². The summed E-state index contributed by atoms with van der Waals surface area (Å²) in [5.41, 5.74) is 18.2. The van der Waals surface area contributed by atoms with E-state index in [0.717, 1.165) is 56.4 Å². The molecule has 0 atom stereocenters. The fourth-order valence-corrected chi connectivity index (χ4v) is 12.6. The van der Waals surface area contributed by atoms with E-state index in [1.54, 1.807) is 0 Å². The van der Waals surface area contributed by atoms with Crippen LogP contribution in [0.2, 0.25) is 0 Å². The molecule has 1 aromatic heterocycles. The molecule has 13 aromatic carbocycles. The van der Waals surface area contributed by atoms with Gasteiger partial charge in [0.2, 0.25) is 0 Å². The van der Waals surface area contributed by atoms with Crippen LogP contribution < -0.4 is 9.80 Å². The lowest BCUT2D eigenvalue weighted by molar-refractivity contribution is 1.27. The summed E-state index contributed by atoms with van der Waals surface area (Å²) < 4.78 is 2.65. The Balaban J connectivity index is 0.895. The van der Waals surface area contributed by atoms with E-state index < -0.39 is 0 Å². The van der Waals surface area contributed by atoms with Gasteiger partial charge in [-0.2, -0.15) is 0 Å². The van der Waals surface area contributed by atoms with E-state index in [2.05, 4.69) is 313 Å². The monoisotopic (exact) mass is 998 g/mol. The highest BCUT2D eigenvalue weighted by atomic mass is 32.1. The maximum atomic E-state index is 2.43. The molecule has 1 heterocycles. The summed E-state index contributed by atoms with van der Waals surface area (Å²) in [6, 6.07) is 111. The first-order valence-corrected chi connectivity index (χ1v) is 27.1. The van der Waals surface area contributed by atoms with Crippen molar-refractivity contribution in [3.63, 3.8) is 0 Å². The molecule has 0 aliphatic carbocycles. The van der Waals surface area contributed by atoms with Crippen LogP contribution in [0.15, 0.2) is 303 Å². The van der Waals surface area contributed by atoms with Crippen LogP contribution in [-0.2, 0) is 0 Å². The van der Waals surface area contributed by atoms with Gasteiger partial charge >= 0.3 is 0 Å². The van der Waals surface area contributed by atoms with Gasteiger partial charge in [0.15, 0.2) is 0 Å². The van der Waals surface area contributed by atoms with Crippen molar-refractivity contribution in [2.75, 3.05) is 9.80 Å². The molecule has 0 amide bonds. The largest absolute Gasteiger partial charge is 0.310 e. The molecule has 0 spiro atoms. The number of nitrogens with zero attached hydrogens (tertiary/aromatic N) is 2. The summed E-state index contributed by atoms with van der Waals surface area (Å²) >= 11 is 1.90. The zero-order chi connectivity index (χ0) is 51.1. The maximum Gasteiger partial charge on any atom is 0.0540 e.